The maximum absolute atomic E-state index is 12.3. The van der Waals surface area contributed by atoms with E-state index in [4.69, 9.17) is 9.68 Å². The normalized spacial score (nSPS) is 14.1. The molecule has 0 spiro atoms. The van der Waals surface area contributed by atoms with Crippen LogP contribution in [-0.4, -0.2) is 20.7 Å². The molecule has 3 rings (SSSR count). The van der Waals surface area contributed by atoms with Crippen molar-refractivity contribution in [1.82, 2.24) is 14.8 Å². The second-order valence-corrected chi connectivity index (χ2v) is 5.77. The molecule has 1 saturated carbocycles. The summed E-state index contributed by atoms with van der Waals surface area (Å²) in [6, 6.07) is 2.13. The highest BCUT2D eigenvalue weighted by Gasteiger charge is 2.31. The van der Waals surface area contributed by atoms with Crippen molar-refractivity contribution in [2.75, 3.05) is 5.32 Å². The summed E-state index contributed by atoms with van der Waals surface area (Å²) >= 11 is 0. The number of carbonyl (C=O) groups is 1. The quantitative estimate of drug-likeness (QED) is 0.936. The Kier molecular flexibility index (Phi) is 3.45. The zero-order valence-electron chi connectivity index (χ0n) is 12.8. The van der Waals surface area contributed by atoms with Gasteiger partial charge in [-0.2, -0.15) is 10.4 Å². The lowest BCUT2D eigenvalue weighted by atomic mass is 10.3. The van der Waals surface area contributed by atoms with E-state index in [9.17, 15) is 4.79 Å². The van der Waals surface area contributed by atoms with Crippen LogP contribution in [0.2, 0.25) is 0 Å². The van der Waals surface area contributed by atoms with Crippen molar-refractivity contribution in [1.29, 1.82) is 5.26 Å². The van der Waals surface area contributed by atoms with Crippen LogP contribution in [0.15, 0.2) is 10.6 Å². The van der Waals surface area contributed by atoms with E-state index >= 15 is 0 Å². The number of hydrogen-bond acceptors (Lipinski definition) is 5. The average Bonchev–Trinajstić information content (AvgIpc) is 3.13. The van der Waals surface area contributed by atoms with Gasteiger partial charge in [0.25, 0.3) is 5.91 Å². The van der Waals surface area contributed by atoms with Crippen LogP contribution in [0.4, 0.5) is 5.82 Å². The number of rotatable bonds is 4. The Morgan fingerprint density at radius 3 is 2.86 bits per heavy atom. The third kappa shape index (κ3) is 2.60. The molecule has 1 fully saturated rings. The van der Waals surface area contributed by atoms with Crippen LogP contribution in [0.25, 0.3) is 0 Å². The van der Waals surface area contributed by atoms with Crippen molar-refractivity contribution in [3.63, 3.8) is 0 Å². The van der Waals surface area contributed by atoms with Crippen LogP contribution in [0.5, 0.6) is 0 Å². The minimum Gasteiger partial charge on any atom is -0.435 e. The van der Waals surface area contributed by atoms with Gasteiger partial charge in [-0.15, -0.1) is 0 Å². The van der Waals surface area contributed by atoms with Crippen molar-refractivity contribution < 1.29 is 9.21 Å². The SMILES string of the molecule is Cc1nc(C2CC2)oc1C(=O)Nc1nn(C(C)C)cc1C#N. The lowest BCUT2D eigenvalue weighted by Crippen LogP contribution is -2.14. The monoisotopic (exact) mass is 299 g/mol. The summed E-state index contributed by atoms with van der Waals surface area (Å²) in [7, 11) is 0. The molecule has 0 aromatic carbocycles. The first-order valence-electron chi connectivity index (χ1n) is 7.27. The molecule has 1 amide bonds. The van der Waals surface area contributed by atoms with Gasteiger partial charge in [0, 0.05) is 18.2 Å². The zero-order valence-corrected chi connectivity index (χ0v) is 12.8. The number of nitrogens with zero attached hydrogens (tertiary/aromatic N) is 4. The molecule has 22 heavy (non-hydrogen) atoms. The van der Waals surface area contributed by atoms with Gasteiger partial charge in [-0.1, -0.05) is 0 Å². The van der Waals surface area contributed by atoms with E-state index < -0.39 is 5.91 Å². The van der Waals surface area contributed by atoms with Crippen molar-refractivity contribution in [2.24, 2.45) is 0 Å². The second kappa shape index (κ2) is 5.30. The first-order valence-corrected chi connectivity index (χ1v) is 7.27. The number of carbonyl (C=O) groups excluding carboxylic acids is 1. The number of hydrogen-bond donors (Lipinski definition) is 1. The van der Waals surface area contributed by atoms with Crippen LogP contribution in [0.1, 0.15) is 66.4 Å². The molecule has 7 heteroatoms. The van der Waals surface area contributed by atoms with Crippen molar-refractivity contribution in [3.8, 4) is 6.07 Å². The Morgan fingerprint density at radius 2 is 2.27 bits per heavy atom. The number of aromatic nitrogens is 3. The lowest BCUT2D eigenvalue weighted by molar-refractivity contribution is 0.0993. The molecule has 1 aliphatic rings. The summed E-state index contributed by atoms with van der Waals surface area (Å²) in [6.07, 6.45) is 3.72. The molecule has 0 saturated heterocycles. The molecule has 0 bridgehead atoms. The Morgan fingerprint density at radius 1 is 1.55 bits per heavy atom. The van der Waals surface area contributed by atoms with Gasteiger partial charge < -0.3 is 9.73 Å². The van der Waals surface area contributed by atoms with Gasteiger partial charge in [0.05, 0.1) is 5.69 Å². The van der Waals surface area contributed by atoms with Gasteiger partial charge >= 0.3 is 0 Å². The Hall–Kier alpha value is -2.62. The molecule has 0 unspecified atom stereocenters. The van der Waals surface area contributed by atoms with Crippen LogP contribution in [-0.2, 0) is 0 Å². The Bertz CT molecular complexity index is 761. The molecule has 2 heterocycles. The molecule has 2 aromatic rings. The molecular weight excluding hydrogens is 282 g/mol. The first-order chi connectivity index (χ1) is 10.5. The summed E-state index contributed by atoms with van der Waals surface area (Å²) in [5.74, 6) is 0.961. The average molecular weight is 299 g/mol. The highest BCUT2D eigenvalue weighted by Crippen LogP contribution is 2.40. The maximum Gasteiger partial charge on any atom is 0.294 e. The zero-order chi connectivity index (χ0) is 15.9. The van der Waals surface area contributed by atoms with Crippen molar-refractivity contribution >= 4 is 11.7 Å². The van der Waals surface area contributed by atoms with Gasteiger partial charge in [0.15, 0.2) is 11.7 Å². The summed E-state index contributed by atoms with van der Waals surface area (Å²) in [4.78, 5) is 16.6. The molecule has 0 atom stereocenters. The molecule has 7 nitrogen and oxygen atoms in total. The Balaban J connectivity index is 1.83. The van der Waals surface area contributed by atoms with Gasteiger partial charge in [0.1, 0.15) is 11.6 Å². The van der Waals surface area contributed by atoms with Gasteiger partial charge in [0.2, 0.25) is 5.76 Å². The number of oxazole rings is 1. The third-order valence-corrected chi connectivity index (χ3v) is 3.56. The van der Waals surface area contributed by atoms with E-state index in [0.717, 1.165) is 12.8 Å². The van der Waals surface area contributed by atoms with Crippen LogP contribution >= 0.6 is 0 Å². The topological polar surface area (TPSA) is 96.7 Å². The molecule has 0 aliphatic heterocycles. The summed E-state index contributed by atoms with van der Waals surface area (Å²) in [5.41, 5.74) is 0.878. The minimum absolute atomic E-state index is 0.103. The summed E-state index contributed by atoms with van der Waals surface area (Å²) in [6.45, 7) is 5.63. The molecule has 1 aliphatic carbocycles. The van der Waals surface area contributed by atoms with Crippen LogP contribution < -0.4 is 5.32 Å². The van der Waals surface area contributed by atoms with E-state index in [1.807, 2.05) is 19.9 Å². The standard InChI is InChI=1S/C15H17N5O2/c1-8(2)20-7-11(6-16)13(19-20)18-14(21)12-9(3)17-15(22-12)10-4-5-10/h7-8,10H,4-5H2,1-3H3,(H,18,19,21). The lowest BCUT2D eigenvalue weighted by Gasteiger charge is -2.03. The van der Waals surface area contributed by atoms with E-state index in [-0.39, 0.29) is 17.6 Å². The van der Waals surface area contributed by atoms with Crippen molar-refractivity contribution in [2.45, 2.75) is 45.6 Å². The number of amides is 1. The predicted molar refractivity (Wildman–Crippen MR) is 78.5 cm³/mol. The van der Waals surface area contributed by atoms with Gasteiger partial charge in [-0.3, -0.25) is 9.48 Å². The molecule has 114 valence electrons. The molecular formula is C15H17N5O2. The first kappa shape index (κ1) is 14.3. The number of nitrogens with one attached hydrogen (secondary N) is 1. The summed E-state index contributed by atoms with van der Waals surface area (Å²) < 4.78 is 7.20. The van der Waals surface area contributed by atoms with Gasteiger partial charge in [-0.25, -0.2) is 4.98 Å². The number of nitriles is 1. The highest BCUT2D eigenvalue weighted by molar-refractivity contribution is 6.03. The van der Waals surface area contributed by atoms with E-state index in [0.29, 0.717) is 23.1 Å². The maximum atomic E-state index is 12.3. The van der Waals surface area contributed by atoms with Crippen molar-refractivity contribution in [3.05, 3.63) is 29.1 Å². The molecule has 1 N–H and O–H groups in total. The number of anilines is 1. The van der Waals surface area contributed by atoms with E-state index in [1.54, 1.807) is 17.8 Å². The smallest absolute Gasteiger partial charge is 0.294 e. The largest absolute Gasteiger partial charge is 0.435 e. The summed E-state index contributed by atoms with van der Waals surface area (Å²) in [5, 5.41) is 16.0. The van der Waals surface area contributed by atoms with E-state index in [2.05, 4.69) is 15.4 Å². The molecule has 0 radical (unpaired) electrons. The fraction of sp³-hybridized carbons (Fsp3) is 0.467. The Labute approximate surface area is 127 Å². The predicted octanol–water partition coefficient (Wildman–Crippen LogP) is 2.76. The van der Waals surface area contributed by atoms with Gasteiger partial charge in [-0.05, 0) is 33.6 Å². The second-order valence-electron chi connectivity index (χ2n) is 5.77. The van der Waals surface area contributed by atoms with Crippen LogP contribution in [0.3, 0.4) is 0 Å². The van der Waals surface area contributed by atoms with E-state index in [1.165, 1.54) is 0 Å². The molecule has 2 aromatic heterocycles. The fourth-order valence-electron chi connectivity index (χ4n) is 2.13. The fourth-order valence-corrected chi connectivity index (χ4v) is 2.13. The minimum atomic E-state index is -0.428. The third-order valence-electron chi connectivity index (χ3n) is 3.56. The van der Waals surface area contributed by atoms with Crippen LogP contribution in [0, 0.1) is 18.3 Å². The number of aryl methyl sites for hydroxylation is 1. The highest BCUT2D eigenvalue weighted by atomic mass is 16.4.